The molecular weight excluding hydrogens is 380 g/mol. The number of urea groups is 1. The summed E-state index contributed by atoms with van der Waals surface area (Å²) in [7, 11) is 0. The van der Waals surface area contributed by atoms with Crippen LogP contribution in [0.15, 0.2) is 48.5 Å². The fourth-order valence-corrected chi connectivity index (χ4v) is 3.06. The van der Waals surface area contributed by atoms with Gasteiger partial charge in [0.25, 0.3) is 0 Å². The van der Waals surface area contributed by atoms with Crippen LogP contribution in [0.5, 0.6) is 0 Å². The number of nitrogens with two attached hydrogens (primary N) is 1. The van der Waals surface area contributed by atoms with Gasteiger partial charge >= 0.3 is 12.6 Å². The number of benzene rings is 2. The van der Waals surface area contributed by atoms with E-state index in [1.54, 1.807) is 62.4 Å². The first-order valence-corrected chi connectivity index (χ1v) is 9.00. The van der Waals surface area contributed by atoms with Gasteiger partial charge in [0.05, 0.1) is 11.0 Å². The lowest BCUT2D eigenvalue weighted by Crippen LogP contribution is -2.49. The van der Waals surface area contributed by atoms with E-state index in [1.165, 1.54) is 0 Å². The first-order valence-electron chi connectivity index (χ1n) is 9.00. The molecule has 9 heteroatoms. The van der Waals surface area contributed by atoms with Gasteiger partial charge < -0.3 is 16.4 Å². The highest BCUT2D eigenvalue weighted by molar-refractivity contribution is 5.97. The summed E-state index contributed by atoms with van der Waals surface area (Å²) in [5.41, 5.74) is 6.86. The van der Waals surface area contributed by atoms with Crippen LogP contribution in [0.25, 0.3) is 22.4 Å². The van der Waals surface area contributed by atoms with Crippen LogP contribution in [0.3, 0.4) is 0 Å². The Hall–Kier alpha value is -3.49. The van der Waals surface area contributed by atoms with Gasteiger partial charge in [-0.05, 0) is 42.3 Å². The van der Waals surface area contributed by atoms with Gasteiger partial charge in [-0.1, -0.05) is 26.0 Å². The number of amides is 3. The number of nitrogens with one attached hydrogen (secondary N) is 2. The zero-order valence-corrected chi connectivity index (χ0v) is 15.9. The molecule has 0 aliphatic rings. The van der Waals surface area contributed by atoms with Crippen LogP contribution in [0.1, 0.15) is 20.4 Å². The van der Waals surface area contributed by atoms with Gasteiger partial charge in [0.1, 0.15) is 11.9 Å². The van der Waals surface area contributed by atoms with E-state index in [-0.39, 0.29) is 11.7 Å². The van der Waals surface area contributed by atoms with E-state index in [0.29, 0.717) is 22.3 Å². The number of alkyl halides is 2. The molecule has 152 valence electrons. The quantitative estimate of drug-likeness (QED) is 0.586. The molecule has 0 aliphatic carbocycles. The molecular formula is C20H21F2N5O2. The van der Waals surface area contributed by atoms with Crippen molar-refractivity contribution in [3.63, 3.8) is 0 Å². The molecule has 29 heavy (non-hydrogen) atoms. The number of hydrogen-bond donors (Lipinski definition) is 3. The topological polar surface area (TPSA) is 102 Å². The minimum absolute atomic E-state index is 0.134. The fourth-order valence-electron chi connectivity index (χ4n) is 3.06. The van der Waals surface area contributed by atoms with E-state index < -0.39 is 24.5 Å². The molecule has 0 saturated heterocycles. The Kier molecular flexibility index (Phi) is 5.76. The van der Waals surface area contributed by atoms with Crippen molar-refractivity contribution in [2.24, 2.45) is 11.7 Å². The van der Waals surface area contributed by atoms with Crippen molar-refractivity contribution in [1.29, 1.82) is 0 Å². The number of rotatable bonds is 6. The maximum Gasteiger partial charge on any atom is 0.320 e. The molecule has 3 aromatic rings. The van der Waals surface area contributed by atoms with Crippen molar-refractivity contribution >= 4 is 28.7 Å². The van der Waals surface area contributed by atoms with Gasteiger partial charge in [0.15, 0.2) is 0 Å². The van der Waals surface area contributed by atoms with E-state index >= 15 is 0 Å². The second kappa shape index (κ2) is 8.26. The second-order valence-corrected chi connectivity index (χ2v) is 6.87. The molecule has 0 saturated carbocycles. The second-order valence-electron chi connectivity index (χ2n) is 6.87. The van der Waals surface area contributed by atoms with Crippen LogP contribution in [0, 0.1) is 5.92 Å². The maximum atomic E-state index is 13.6. The van der Waals surface area contributed by atoms with Crippen LogP contribution in [0.4, 0.5) is 19.3 Å². The van der Waals surface area contributed by atoms with E-state index in [9.17, 15) is 18.4 Å². The summed E-state index contributed by atoms with van der Waals surface area (Å²) in [6.07, 6.45) is 0. The summed E-state index contributed by atoms with van der Waals surface area (Å²) in [6, 6.07) is 11.5. The van der Waals surface area contributed by atoms with Crippen LogP contribution < -0.4 is 16.4 Å². The summed E-state index contributed by atoms with van der Waals surface area (Å²) < 4.78 is 28.1. The lowest BCUT2D eigenvalue weighted by atomic mass is 10.0. The summed E-state index contributed by atoms with van der Waals surface area (Å²) in [5.74, 6) is -0.464. The van der Waals surface area contributed by atoms with Gasteiger partial charge in [-0.3, -0.25) is 9.36 Å². The lowest BCUT2D eigenvalue weighted by molar-refractivity contribution is -0.118. The number of carbonyl (C=O) groups excluding carboxylic acids is 2. The molecule has 0 aliphatic heterocycles. The molecule has 0 fully saturated rings. The SMILES string of the molecule is CC(C)C(NC(N)=O)C(=O)Nc1ccc(-c2nc3ccccc3n2C(F)F)cc1. The van der Waals surface area contributed by atoms with Crippen LogP contribution >= 0.6 is 0 Å². The third kappa shape index (κ3) is 4.34. The van der Waals surface area contributed by atoms with Crippen molar-refractivity contribution in [2.75, 3.05) is 5.32 Å². The highest BCUT2D eigenvalue weighted by atomic mass is 19.3. The number of imidazole rings is 1. The van der Waals surface area contributed by atoms with Crippen molar-refractivity contribution in [1.82, 2.24) is 14.9 Å². The Morgan fingerprint density at radius 1 is 1.07 bits per heavy atom. The van der Waals surface area contributed by atoms with Crippen LogP contribution in [0.2, 0.25) is 0 Å². The Morgan fingerprint density at radius 2 is 1.72 bits per heavy atom. The number of nitrogens with zero attached hydrogens (tertiary/aromatic N) is 2. The van der Waals surface area contributed by atoms with Gasteiger partial charge in [-0.15, -0.1) is 0 Å². The molecule has 3 rings (SSSR count). The van der Waals surface area contributed by atoms with Gasteiger partial charge in [0.2, 0.25) is 5.91 Å². The highest BCUT2D eigenvalue weighted by Crippen LogP contribution is 2.30. The minimum Gasteiger partial charge on any atom is -0.352 e. The molecule has 1 unspecified atom stereocenters. The standard InChI is InChI=1S/C20H21F2N5O2/c1-11(2)16(26-20(23)29)18(28)24-13-9-7-12(8-10-13)17-25-14-5-3-4-6-15(14)27(17)19(21)22/h3-11,16,19H,1-2H3,(H,24,28)(H3,23,26,29). The number of fused-ring (bicyclic) bond motifs is 1. The van der Waals surface area contributed by atoms with Gasteiger partial charge in [-0.2, -0.15) is 8.78 Å². The number of anilines is 1. The number of primary amides is 1. The van der Waals surface area contributed by atoms with Gasteiger partial charge in [-0.25, -0.2) is 9.78 Å². The van der Waals surface area contributed by atoms with E-state index in [4.69, 9.17) is 5.73 Å². The predicted molar refractivity (Wildman–Crippen MR) is 106 cm³/mol. The molecule has 0 radical (unpaired) electrons. The van der Waals surface area contributed by atoms with Crippen molar-refractivity contribution in [2.45, 2.75) is 26.4 Å². The van der Waals surface area contributed by atoms with Crippen LogP contribution in [-0.4, -0.2) is 27.5 Å². The molecule has 3 amide bonds. The predicted octanol–water partition coefficient (Wildman–Crippen LogP) is 3.73. The molecule has 1 atom stereocenters. The van der Waals surface area contributed by atoms with E-state index in [1.807, 2.05) is 0 Å². The largest absolute Gasteiger partial charge is 0.352 e. The Balaban J connectivity index is 1.86. The zero-order chi connectivity index (χ0) is 21.1. The van der Waals surface area contributed by atoms with E-state index in [2.05, 4.69) is 15.6 Å². The Labute approximate surface area is 165 Å². The third-order valence-corrected chi connectivity index (χ3v) is 4.45. The monoisotopic (exact) mass is 401 g/mol. The fraction of sp³-hybridized carbons (Fsp3) is 0.250. The summed E-state index contributed by atoms with van der Waals surface area (Å²) in [6.45, 7) is 0.805. The average molecular weight is 401 g/mol. The number of aromatic nitrogens is 2. The molecule has 4 N–H and O–H groups in total. The summed E-state index contributed by atoms with van der Waals surface area (Å²) >= 11 is 0. The molecule has 1 heterocycles. The number of halogens is 2. The first kappa shape index (κ1) is 20.2. The Morgan fingerprint density at radius 3 is 2.31 bits per heavy atom. The van der Waals surface area contributed by atoms with Crippen molar-refractivity contribution in [3.05, 3.63) is 48.5 Å². The zero-order valence-electron chi connectivity index (χ0n) is 15.9. The summed E-state index contributed by atoms with van der Waals surface area (Å²) in [4.78, 5) is 27.8. The lowest BCUT2D eigenvalue weighted by Gasteiger charge is -2.20. The van der Waals surface area contributed by atoms with Gasteiger partial charge in [0, 0.05) is 11.3 Å². The molecule has 0 bridgehead atoms. The molecule has 1 aromatic heterocycles. The molecule has 7 nitrogen and oxygen atoms in total. The average Bonchev–Trinajstić information content (AvgIpc) is 3.06. The van der Waals surface area contributed by atoms with Crippen molar-refractivity contribution < 1.29 is 18.4 Å². The van der Waals surface area contributed by atoms with Crippen LogP contribution in [-0.2, 0) is 4.79 Å². The van der Waals surface area contributed by atoms with Crippen molar-refractivity contribution in [3.8, 4) is 11.4 Å². The third-order valence-electron chi connectivity index (χ3n) is 4.45. The normalized spacial score (nSPS) is 12.3. The molecule has 0 spiro atoms. The number of carbonyl (C=O) groups is 2. The summed E-state index contributed by atoms with van der Waals surface area (Å²) in [5, 5.41) is 5.09. The smallest absolute Gasteiger partial charge is 0.320 e. The maximum absolute atomic E-state index is 13.6. The number of hydrogen-bond acceptors (Lipinski definition) is 3. The van der Waals surface area contributed by atoms with E-state index in [0.717, 1.165) is 4.57 Å². The number of para-hydroxylation sites is 2. The minimum atomic E-state index is -2.75. The Bertz CT molecular complexity index is 1030. The highest BCUT2D eigenvalue weighted by Gasteiger charge is 2.23. The first-order chi connectivity index (χ1) is 13.8. The molecule has 2 aromatic carbocycles.